The molecule has 3 aliphatic rings. The number of likely N-dealkylation sites (N-methyl/N-ethyl adjacent to an activating group) is 1. The predicted molar refractivity (Wildman–Crippen MR) is 380 cm³/mol. The molecule has 101 heavy (non-hydrogen) atoms. The molecule has 24 nitrogen and oxygen atoms in total. The summed E-state index contributed by atoms with van der Waals surface area (Å²) in [6, 6.07) is 15.0. The van der Waals surface area contributed by atoms with Gasteiger partial charge in [0.1, 0.15) is 24.0 Å². The van der Waals surface area contributed by atoms with Crippen molar-refractivity contribution in [2.75, 3.05) is 40.9 Å². The first-order valence-electron chi connectivity index (χ1n) is 36.6. The lowest BCUT2D eigenvalue weighted by molar-refractivity contribution is -0.149. The number of aliphatic carboxylic acids is 1. The fraction of sp³-hybridized carbons (Fsp3) is 0.649. The maximum absolute atomic E-state index is 15.1. The molecule has 7 amide bonds. The molecular weight excluding hydrogens is 1290 g/mol. The smallest absolute Gasteiger partial charge is 0.410 e. The van der Waals surface area contributed by atoms with Gasteiger partial charge in [0.25, 0.3) is 0 Å². The second-order valence-electron chi connectivity index (χ2n) is 29.1. The summed E-state index contributed by atoms with van der Waals surface area (Å²) in [6.07, 6.45) is 8.44. The molecule has 3 fully saturated rings. The van der Waals surface area contributed by atoms with Crippen LogP contribution >= 0.6 is 0 Å². The van der Waals surface area contributed by atoms with Crippen LogP contribution < -0.4 is 21.7 Å². The molecule has 1 saturated carbocycles. The van der Waals surface area contributed by atoms with E-state index >= 15 is 4.79 Å². The highest BCUT2D eigenvalue weighted by molar-refractivity contribution is 5.94. The van der Waals surface area contributed by atoms with Gasteiger partial charge in [0, 0.05) is 122 Å². The number of methoxy groups -OCH3 is 2. The number of fused-ring (bicyclic) bond motifs is 2. The van der Waals surface area contributed by atoms with E-state index in [-0.39, 0.29) is 147 Å². The minimum Gasteiger partial charge on any atom is -0.481 e. The normalized spacial score (nSPS) is 19.4. The first-order valence-corrected chi connectivity index (χ1v) is 36.6. The Bertz CT molecular complexity index is 3230. The quantitative estimate of drug-likeness (QED) is 0.0329. The van der Waals surface area contributed by atoms with Crippen LogP contribution in [0.15, 0.2) is 73.1 Å². The van der Waals surface area contributed by atoms with Crippen molar-refractivity contribution in [3.8, 4) is 0 Å². The standard InChI is InChI=1S/C77H113N9O15/c1-12-49(6)69(66(99-10)45-68(92)85-37-20-26-62(85)71(100-11)51(8)63(88)42-56(72-80-35-21-36-81-72)39-52-22-15-13-16-23-52)84(9)74(94)60(48(4)5)44-65(90)70-55-31-32-57(41-55)86(70)77(98)101-46-54-29-27-53(28-30-54)40-64(89)61(25-19-34-82-76(78)97)83-73(93)59(47(2)3)43-58(87)24-17-14-18-33-79-67(91)38-50(7)75(95)96/h13,15-16,21-23,27-30,35-36,47-51,55-57,59-62,66,69-71H,12,14,17-20,24-26,31-34,37-46H2,1-11H3,(H,79,91)(H,83,93)(H,95,96)(H3,78,82,97)/t49-,50?,51-,55-,56-,57+,59-,60-,61-,62-,66+,69-,70?,71+/m0/s1. The molecule has 3 heterocycles. The number of benzene rings is 2. The highest BCUT2D eigenvalue weighted by Gasteiger charge is 2.53. The van der Waals surface area contributed by atoms with Gasteiger partial charge in [-0.05, 0) is 111 Å². The molecule has 0 spiro atoms. The van der Waals surface area contributed by atoms with Gasteiger partial charge in [-0.2, -0.15) is 0 Å². The van der Waals surface area contributed by atoms with Crippen LogP contribution in [0.5, 0.6) is 0 Å². The summed E-state index contributed by atoms with van der Waals surface area (Å²) in [5, 5.41) is 17.2. The van der Waals surface area contributed by atoms with E-state index in [1.807, 2.05) is 83.7 Å². The monoisotopic (exact) mass is 1400 g/mol. The average Bonchev–Trinajstić information content (AvgIpc) is 1.63. The van der Waals surface area contributed by atoms with E-state index in [1.165, 1.54) is 6.92 Å². The van der Waals surface area contributed by atoms with Crippen LogP contribution in [0, 0.1) is 47.3 Å². The van der Waals surface area contributed by atoms with Gasteiger partial charge in [0.05, 0.1) is 48.7 Å². The van der Waals surface area contributed by atoms with E-state index in [2.05, 4.69) is 25.9 Å². The van der Waals surface area contributed by atoms with Gasteiger partial charge in [-0.15, -0.1) is 0 Å². The lowest BCUT2D eigenvalue weighted by atomic mass is 9.83. The summed E-state index contributed by atoms with van der Waals surface area (Å²) in [5.74, 6) is -6.16. The van der Waals surface area contributed by atoms with Crippen LogP contribution in [0.25, 0.3) is 0 Å². The number of nitrogens with two attached hydrogens (primary N) is 1. The summed E-state index contributed by atoms with van der Waals surface area (Å²) in [6.45, 7) is 15.7. The van der Waals surface area contributed by atoms with Crippen LogP contribution in [0.2, 0.25) is 0 Å². The number of nitrogens with one attached hydrogen (secondary N) is 3. The maximum Gasteiger partial charge on any atom is 0.410 e. The predicted octanol–water partition coefficient (Wildman–Crippen LogP) is 9.17. The Hall–Kier alpha value is -7.99. The van der Waals surface area contributed by atoms with Crippen LogP contribution in [0.3, 0.4) is 0 Å². The Kier molecular flexibility index (Phi) is 32.9. The van der Waals surface area contributed by atoms with Gasteiger partial charge >= 0.3 is 18.1 Å². The number of carboxylic acids is 1. The Morgan fingerprint density at radius 1 is 0.723 bits per heavy atom. The van der Waals surface area contributed by atoms with E-state index in [0.29, 0.717) is 87.8 Å². The fourth-order valence-electron chi connectivity index (χ4n) is 15.0. The molecule has 1 aliphatic carbocycles. The highest BCUT2D eigenvalue weighted by atomic mass is 16.6. The van der Waals surface area contributed by atoms with Gasteiger partial charge in [-0.3, -0.25) is 48.1 Å². The van der Waals surface area contributed by atoms with E-state index in [4.69, 9.17) is 25.1 Å². The first-order chi connectivity index (χ1) is 48.2. The molecule has 556 valence electrons. The van der Waals surface area contributed by atoms with Crippen molar-refractivity contribution in [1.82, 2.24) is 40.6 Å². The number of hydrogen-bond donors (Lipinski definition) is 5. The number of aromatic nitrogens is 2. The van der Waals surface area contributed by atoms with E-state index in [0.717, 1.165) is 18.4 Å². The molecule has 14 atom stereocenters. The van der Waals surface area contributed by atoms with Gasteiger partial charge in [-0.1, -0.05) is 123 Å². The summed E-state index contributed by atoms with van der Waals surface area (Å²) in [5.41, 5.74) is 7.61. The number of Topliss-reactive ketones (excluding diaryl/α,β-unsaturated/α-hetero) is 4. The molecule has 3 aromatic rings. The van der Waals surface area contributed by atoms with Crippen molar-refractivity contribution in [2.45, 2.75) is 232 Å². The third-order valence-electron chi connectivity index (χ3n) is 21.1. The molecule has 6 rings (SSSR count). The molecule has 2 aromatic carbocycles. The van der Waals surface area contributed by atoms with Crippen LogP contribution in [-0.4, -0.2) is 178 Å². The number of amides is 7. The number of hydrogen-bond acceptors (Lipinski definition) is 16. The molecule has 6 N–H and O–H groups in total. The van der Waals surface area contributed by atoms with E-state index in [9.17, 15) is 47.9 Å². The topological polar surface area (TPSA) is 333 Å². The van der Waals surface area contributed by atoms with Crippen LogP contribution in [-0.2, 0) is 76.8 Å². The lowest BCUT2D eigenvalue weighted by Gasteiger charge is -2.41. The third-order valence-corrected chi connectivity index (χ3v) is 21.1. The minimum absolute atomic E-state index is 0.0117. The number of primary amides is 1. The number of ether oxygens (including phenoxy) is 3. The summed E-state index contributed by atoms with van der Waals surface area (Å²) >= 11 is 0. The third kappa shape index (κ3) is 24.1. The number of ketones is 4. The molecule has 2 unspecified atom stereocenters. The average molecular weight is 1400 g/mol. The lowest BCUT2D eigenvalue weighted by Crippen LogP contribution is -2.54. The number of rotatable bonds is 44. The molecule has 2 saturated heterocycles. The van der Waals surface area contributed by atoms with Crippen molar-refractivity contribution in [2.24, 2.45) is 53.1 Å². The van der Waals surface area contributed by atoms with Gasteiger partial charge in [-0.25, -0.2) is 19.6 Å². The first kappa shape index (κ1) is 82.0. The Labute approximate surface area is 596 Å². The number of carboxylic acid groups (broad SMARTS) is 1. The van der Waals surface area contributed by atoms with Crippen molar-refractivity contribution in [1.29, 1.82) is 0 Å². The number of piperidine rings is 1. The number of nitrogens with zero attached hydrogens (tertiary/aromatic N) is 5. The summed E-state index contributed by atoms with van der Waals surface area (Å²) < 4.78 is 18.3. The zero-order valence-corrected chi connectivity index (χ0v) is 61.4. The zero-order chi connectivity index (χ0) is 74.0. The molecule has 1 aromatic heterocycles. The molecule has 0 radical (unpaired) electrons. The van der Waals surface area contributed by atoms with Crippen molar-refractivity contribution < 1.29 is 72.1 Å². The largest absolute Gasteiger partial charge is 0.481 e. The van der Waals surface area contributed by atoms with Crippen molar-refractivity contribution in [3.63, 3.8) is 0 Å². The minimum atomic E-state index is -1.05. The van der Waals surface area contributed by atoms with Crippen molar-refractivity contribution >= 4 is 64.9 Å². The van der Waals surface area contributed by atoms with Crippen molar-refractivity contribution in [3.05, 3.63) is 95.6 Å². The molecular formula is C77H113N9O15. The number of unbranched alkanes of at least 4 members (excludes halogenated alkanes) is 2. The molecule has 2 aliphatic heterocycles. The molecule has 2 bridgehead atoms. The Balaban J connectivity index is 1.04. The second-order valence-corrected chi connectivity index (χ2v) is 29.1. The Morgan fingerprint density at radius 3 is 2.03 bits per heavy atom. The number of carbonyl (C=O) groups is 11. The van der Waals surface area contributed by atoms with Crippen LogP contribution in [0.4, 0.5) is 9.59 Å². The SMILES string of the molecule is CC[C@H](C)[C@@H]([C@@H](CC(=O)N1CCC[C@H]1[C@H](OC)[C@@H](C)C(=O)C[C@H](Cc1ccccc1)c1ncccn1)OC)N(C)C(=O)[C@@H](CC(=O)C1[C@H]2CC[C@H](C2)N1C(=O)OCc1ccc(CC(=O)[C@H](CCCNC(N)=O)NC(=O)[C@@H](CC(=O)CCCCCNC(=O)CC(C)C(=O)O)C(C)C)cc1)C(C)C. The number of urea groups is 1. The highest BCUT2D eigenvalue weighted by Crippen LogP contribution is 2.44. The van der Waals surface area contributed by atoms with E-state index < -0.39 is 78.0 Å². The van der Waals surface area contributed by atoms with Gasteiger partial charge in [0.2, 0.25) is 23.6 Å². The second kappa shape index (κ2) is 40.6. The molecule has 24 heteroatoms. The number of likely N-dealkylation sites (tertiary alicyclic amines) is 2. The zero-order valence-electron chi connectivity index (χ0n) is 61.4. The number of carbonyl (C=O) groups excluding carboxylic acids is 10. The van der Waals surface area contributed by atoms with E-state index in [1.54, 1.807) is 73.8 Å². The maximum atomic E-state index is 15.1. The summed E-state index contributed by atoms with van der Waals surface area (Å²) in [7, 11) is 4.85. The Morgan fingerprint density at radius 2 is 1.40 bits per heavy atom. The van der Waals surface area contributed by atoms with Crippen LogP contribution in [0.1, 0.15) is 193 Å². The fourth-order valence-corrected chi connectivity index (χ4v) is 15.0. The summed E-state index contributed by atoms with van der Waals surface area (Å²) in [4.78, 5) is 163. The van der Waals surface area contributed by atoms with Gasteiger partial charge in [0.15, 0.2) is 11.6 Å². The van der Waals surface area contributed by atoms with Gasteiger partial charge < -0.3 is 50.8 Å².